The van der Waals surface area contributed by atoms with E-state index in [2.05, 4.69) is 10.3 Å². The topological polar surface area (TPSA) is 54.5 Å². The number of benzene rings is 2. The summed E-state index contributed by atoms with van der Waals surface area (Å²) in [6.07, 6.45) is 0. The van der Waals surface area contributed by atoms with Crippen LogP contribution >= 0.6 is 22.9 Å². The lowest BCUT2D eigenvalue weighted by Crippen LogP contribution is -2.34. The van der Waals surface area contributed by atoms with Crippen LogP contribution < -0.4 is 10.1 Å². The number of likely N-dealkylation sites (N-methyl/N-ethyl adjacent to an activating group) is 1. The van der Waals surface area contributed by atoms with Crippen molar-refractivity contribution in [1.82, 2.24) is 15.2 Å². The fourth-order valence-electron chi connectivity index (χ4n) is 2.98. The summed E-state index contributed by atoms with van der Waals surface area (Å²) < 4.78 is 19.3. The molecule has 3 aromatic rings. The molecule has 1 N–H and O–H groups in total. The van der Waals surface area contributed by atoms with Gasteiger partial charge >= 0.3 is 0 Å². The summed E-state index contributed by atoms with van der Waals surface area (Å²) >= 11 is 7.17. The minimum Gasteiger partial charge on any atom is -0.486 e. The number of hydrogen-bond acceptors (Lipinski definition) is 5. The Bertz CT molecular complexity index is 1010. The molecule has 1 atom stereocenters. The molecule has 0 radical (unpaired) electrons. The van der Waals surface area contributed by atoms with Crippen molar-refractivity contribution in [3.63, 3.8) is 0 Å². The number of rotatable bonds is 8. The van der Waals surface area contributed by atoms with E-state index < -0.39 is 0 Å². The van der Waals surface area contributed by atoms with Crippen molar-refractivity contribution < 1.29 is 13.9 Å². The summed E-state index contributed by atoms with van der Waals surface area (Å²) in [6, 6.07) is 13.3. The number of nitrogens with zero attached hydrogens (tertiary/aromatic N) is 2. The Labute approximate surface area is 184 Å². The first kappa shape index (κ1) is 22.2. The molecule has 1 amide bonds. The van der Waals surface area contributed by atoms with Gasteiger partial charge in [0.15, 0.2) is 0 Å². The molecule has 5 nitrogen and oxygen atoms in total. The third-order valence-electron chi connectivity index (χ3n) is 4.54. The van der Waals surface area contributed by atoms with Crippen LogP contribution in [0.4, 0.5) is 4.39 Å². The fourth-order valence-corrected chi connectivity index (χ4v) is 4.00. The Morgan fingerprint density at radius 3 is 2.67 bits per heavy atom. The zero-order chi connectivity index (χ0) is 21.7. The van der Waals surface area contributed by atoms with E-state index in [1.54, 1.807) is 37.3 Å². The number of aromatic nitrogens is 1. The number of carbonyl (C=O) groups excluding carboxylic acids is 1. The summed E-state index contributed by atoms with van der Waals surface area (Å²) in [5.41, 5.74) is 1.46. The van der Waals surface area contributed by atoms with Gasteiger partial charge in [0.25, 0.3) is 5.91 Å². The summed E-state index contributed by atoms with van der Waals surface area (Å²) in [6.45, 7) is 2.42. The summed E-state index contributed by atoms with van der Waals surface area (Å²) in [5.74, 6) is 0.183. The van der Waals surface area contributed by atoms with E-state index in [1.807, 2.05) is 25.1 Å². The van der Waals surface area contributed by atoms with Crippen LogP contribution in [0.3, 0.4) is 0 Å². The SMILES string of the molecule is Cc1nc(COc2ccc(Cl)cc2)sc1C(=O)NCC(c1cccc(F)c1)N(C)C. The quantitative estimate of drug-likeness (QED) is 0.536. The predicted molar refractivity (Wildman–Crippen MR) is 118 cm³/mol. The first-order valence-electron chi connectivity index (χ1n) is 9.38. The lowest BCUT2D eigenvalue weighted by molar-refractivity contribution is 0.0945. The van der Waals surface area contributed by atoms with Crippen LogP contribution in [0, 0.1) is 12.7 Å². The zero-order valence-corrected chi connectivity index (χ0v) is 18.6. The summed E-state index contributed by atoms with van der Waals surface area (Å²) in [7, 11) is 3.79. The highest BCUT2D eigenvalue weighted by molar-refractivity contribution is 7.13. The monoisotopic (exact) mass is 447 g/mol. The maximum atomic E-state index is 13.6. The van der Waals surface area contributed by atoms with E-state index in [0.717, 1.165) is 5.56 Å². The normalized spacial score (nSPS) is 12.1. The molecule has 1 heterocycles. The van der Waals surface area contributed by atoms with Crippen molar-refractivity contribution in [3.05, 3.63) is 80.5 Å². The smallest absolute Gasteiger partial charge is 0.263 e. The van der Waals surface area contributed by atoms with Gasteiger partial charge in [-0.25, -0.2) is 9.37 Å². The molecular formula is C22H23ClFN3O2S. The molecule has 8 heteroatoms. The highest BCUT2D eigenvalue weighted by Gasteiger charge is 2.19. The second-order valence-electron chi connectivity index (χ2n) is 7.01. The van der Waals surface area contributed by atoms with Crippen LogP contribution in [0.5, 0.6) is 5.75 Å². The molecule has 0 fully saturated rings. The van der Waals surface area contributed by atoms with Gasteiger partial charge in [0.05, 0.1) is 11.7 Å². The number of nitrogens with one attached hydrogen (secondary N) is 1. The van der Waals surface area contributed by atoms with Gasteiger partial charge in [-0.05, 0) is 63.0 Å². The van der Waals surface area contributed by atoms with Gasteiger partial charge in [-0.15, -0.1) is 11.3 Å². The minimum absolute atomic E-state index is 0.148. The van der Waals surface area contributed by atoms with Gasteiger partial charge in [0.1, 0.15) is 28.1 Å². The molecule has 0 aliphatic carbocycles. The summed E-state index contributed by atoms with van der Waals surface area (Å²) in [5, 5.41) is 4.29. The maximum Gasteiger partial charge on any atom is 0.263 e. The van der Waals surface area contributed by atoms with Gasteiger partial charge in [0.2, 0.25) is 0 Å². The van der Waals surface area contributed by atoms with Gasteiger partial charge in [-0.3, -0.25) is 4.79 Å². The van der Waals surface area contributed by atoms with Crippen LogP contribution in [0.2, 0.25) is 5.02 Å². The van der Waals surface area contributed by atoms with E-state index in [1.165, 1.54) is 23.5 Å². The Kier molecular flexibility index (Phi) is 7.42. The number of amides is 1. The lowest BCUT2D eigenvalue weighted by Gasteiger charge is -2.25. The Hall–Kier alpha value is -2.48. The molecule has 0 bridgehead atoms. The van der Waals surface area contributed by atoms with Crippen molar-refractivity contribution in [1.29, 1.82) is 0 Å². The lowest BCUT2D eigenvalue weighted by atomic mass is 10.1. The number of aryl methyl sites for hydroxylation is 1. The Morgan fingerprint density at radius 1 is 1.27 bits per heavy atom. The van der Waals surface area contributed by atoms with Crippen molar-refractivity contribution in [2.45, 2.75) is 19.6 Å². The second kappa shape index (κ2) is 10.0. The third-order valence-corrected chi connectivity index (χ3v) is 5.92. The highest BCUT2D eigenvalue weighted by atomic mass is 35.5. The molecule has 0 aliphatic rings. The number of carbonyl (C=O) groups is 1. The van der Waals surface area contributed by atoms with E-state index in [0.29, 0.717) is 32.9 Å². The first-order chi connectivity index (χ1) is 14.3. The second-order valence-corrected chi connectivity index (χ2v) is 8.53. The molecule has 2 aromatic carbocycles. The molecule has 3 rings (SSSR count). The van der Waals surface area contributed by atoms with Crippen LogP contribution in [0.25, 0.3) is 0 Å². The van der Waals surface area contributed by atoms with Crippen LogP contribution in [0.15, 0.2) is 48.5 Å². The van der Waals surface area contributed by atoms with Gasteiger partial charge in [-0.2, -0.15) is 0 Å². The highest BCUT2D eigenvalue weighted by Crippen LogP contribution is 2.22. The van der Waals surface area contributed by atoms with E-state index >= 15 is 0 Å². The minimum atomic E-state index is -0.297. The number of thiazole rings is 1. The molecule has 0 spiro atoms. The van der Waals surface area contributed by atoms with Gasteiger partial charge in [-0.1, -0.05) is 23.7 Å². The van der Waals surface area contributed by atoms with Crippen molar-refractivity contribution >= 4 is 28.8 Å². The molecule has 158 valence electrons. The number of hydrogen-bond donors (Lipinski definition) is 1. The standard InChI is InChI=1S/C22H23ClFN3O2S/c1-14-21(30-20(26-14)13-29-18-9-7-16(23)8-10-18)22(28)25-12-19(27(2)3)15-5-4-6-17(24)11-15/h4-11,19H,12-13H2,1-3H3,(H,25,28). The molecule has 1 unspecified atom stereocenters. The zero-order valence-electron chi connectivity index (χ0n) is 17.0. The van der Waals surface area contributed by atoms with Crippen LogP contribution in [0.1, 0.15) is 32.0 Å². The Balaban J connectivity index is 1.62. The average Bonchev–Trinajstić information content (AvgIpc) is 3.08. The van der Waals surface area contributed by atoms with Crippen LogP contribution in [-0.2, 0) is 6.61 Å². The molecule has 0 aliphatic heterocycles. The maximum absolute atomic E-state index is 13.6. The van der Waals surface area contributed by atoms with Crippen molar-refractivity contribution in [2.24, 2.45) is 0 Å². The van der Waals surface area contributed by atoms with Crippen molar-refractivity contribution in [3.8, 4) is 5.75 Å². The molecule has 0 saturated carbocycles. The van der Waals surface area contributed by atoms with E-state index in [9.17, 15) is 9.18 Å². The van der Waals surface area contributed by atoms with E-state index in [-0.39, 0.29) is 24.4 Å². The van der Waals surface area contributed by atoms with E-state index in [4.69, 9.17) is 16.3 Å². The molecule has 1 aromatic heterocycles. The van der Waals surface area contributed by atoms with Gasteiger partial charge < -0.3 is 15.0 Å². The number of halogens is 2. The largest absolute Gasteiger partial charge is 0.486 e. The van der Waals surface area contributed by atoms with Crippen molar-refractivity contribution in [2.75, 3.05) is 20.6 Å². The third kappa shape index (κ3) is 5.78. The Morgan fingerprint density at radius 2 is 2.00 bits per heavy atom. The van der Waals surface area contributed by atoms with Gasteiger partial charge in [0, 0.05) is 11.6 Å². The average molecular weight is 448 g/mol. The fraction of sp³-hybridized carbons (Fsp3) is 0.273. The van der Waals surface area contributed by atoms with Crippen LogP contribution in [-0.4, -0.2) is 36.4 Å². The first-order valence-corrected chi connectivity index (χ1v) is 10.6. The molecular weight excluding hydrogens is 425 g/mol. The molecule has 30 heavy (non-hydrogen) atoms. The predicted octanol–water partition coefficient (Wildman–Crippen LogP) is 4.86. The molecule has 0 saturated heterocycles. The number of ether oxygens (including phenoxy) is 1. The summed E-state index contributed by atoms with van der Waals surface area (Å²) in [4.78, 5) is 19.7.